The highest BCUT2D eigenvalue weighted by Crippen LogP contribution is 2.37. The van der Waals surface area contributed by atoms with E-state index in [4.69, 9.17) is 10.5 Å². The first-order valence-electron chi connectivity index (χ1n) is 9.45. The Morgan fingerprint density at radius 3 is 2.64 bits per heavy atom. The van der Waals surface area contributed by atoms with Crippen molar-refractivity contribution < 1.29 is 4.74 Å². The van der Waals surface area contributed by atoms with Gasteiger partial charge in [-0.15, -0.1) is 0 Å². The summed E-state index contributed by atoms with van der Waals surface area (Å²) < 4.78 is 5.53. The molecule has 0 atom stereocenters. The fourth-order valence-electron chi connectivity index (χ4n) is 4.18. The number of methoxy groups -OCH3 is 1. The maximum absolute atomic E-state index is 6.32. The van der Waals surface area contributed by atoms with E-state index in [2.05, 4.69) is 46.7 Å². The summed E-state index contributed by atoms with van der Waals surface area (Å²) in [6.45, 7) is 0. The molecule has 3 N–H and O–H groups in total. The third kappa shape index (κ3) is 2.65. The van der Waals surface area contributed by atoms with Crippen LogP contribution < -0.4 is 15.8 Å². The predicted molar refractivity (Wildman–Crippen MR) is 117 cm³/mol. The van der Waals surface area contributed by atoms with E-state index in [1.165, 1.54) is 21.9 Å². The number of ether oxygens (including phenoxy) is 1. The summed E-state index contributed by atoms with van der Waals surface area (Å²) in [5, 5.41) is 8.06. The second-order valence-electron chi connectivity index (χ2n) is 7.07. The molecule has 138 valence electrons. The molecule has 0 radical (unpaired) electrons. The van der Waals surface area contributed by atoms with Gasteiger partial charge in [-0.1, -0.05) is 54.6 Å². The standard InChI is InChI=1S/C24H21N3O/c1-28-21-14-11-15-5-2-3-8-18(15)23(21)27-24(25)26-20-13-10-17-7-4-6-16-9-12-19(20)22(16)17/h2-8,10-11,13-14H,9,12H2,1H3,(H3,25,26,27). The van der Waals surface area contributed by atoms with Crippen LogP contribution in [-0.4, -0.2) is 13.1 Å². The fraction of sp³-hybridized carbons (Fsp3) is 0.125. The van der Waals surface area contributed by atoms with Crippen molar-refractivity contribution in [3.63, 3.8) is 0 Å². The molecule has 4 nitrogen and oxygen atoms in total. The fourth-order valence-corrected chi connectivity index (χ4v) is 4.18. The largest absolute Gasteiger partial charge is 0.494 e. The molecule has 0 amide bonds. The van der Waals surface area contributed by atoms with Gasteiger partial charge >= 0.3 is 0 Å². The predicted octanol–water partition coefficient (Wildman–Crippen LogP) is 5.16. The molecule has 0 unspecified atom stereocenters. The Morgan fingerprint density at radius 2 is 1.75 bits per heavy atom. The number of rotatable bonds is 3. The molecule has 0 heterocycles. The summed E-state index contributed by atoms with van der Waals surface area (Å²) in [6, 6.07) is 22.8. The van der Waals surface area contributed by atoms with Gasteiger partial charge in [-0.05, 0) is 52.3 Å². The molecule has 0 aromatic heterocycles. The highest BCUT2D eigenvalue weighted by Gasteiger charge is 2.18. The van der Waals surface area contributed by atoms with Gasteiger partial charge in [-0.2, -0.15) is 0 Å². The van der Waals surface area contributed by atoms with E-state index in [0.717, 1.165) is 35.0 Å². The molecular weight excluding hydrogens is 346 g/mol. The molecule has 0 saturated carbocycles. The van der Waals surface area contributed by atoms with Crippen LogP contribution in [0.15, 0.2) is 71.7 Å². The number of benzene rings is 4. The van der Waals surface area contributed by atoms with Crippen LogP contribution in [-0.2, 0) is 12.8 Å². The van der Waals surface area contributed by atoms with Crippen LogP contribution in [0.3, 0.4) is 0 Å². The average Bonchev–Trinajstić information content (AvgIpc) is 3.16. The molecule has 0 spiro atoms. The molecule has 0 fully saturated rings. The maximum Gasteiger partial charge on any atom is 0.198 e. The van der Waals surface area contributed by atoms with Crippen LogP contribution in [0.25, 0.3) is 21.5 Å². The first kappa shape index (κ1) is 16.6. The number of anilines is 1. The zero-order chi connectivity index (χ0) is 19.1. The van der Waals surface area contributed by atoms with Crippen LogP contribution in [0.1, 0.15) is 11.1 Å². The number of nitrogens with one attached hydrogen (secondary N) is 1. The molecule has 28 heavy (non-hydrogen) atoms. The minimum Gasteiger partial charge on any atom is -0.494 e. The molecule has 0 saturated heterocycles. The van der Waals surface area contributed by atoms with Crippen LogP contribution in [0.4, 0.5) is 11.4 Å². The molecule has 0 bridgehead atoms. The molecule has 4 aromatic rings. The molecule has 1 aliphatic rings. The van der Waals surface area contributed by atoms with E-state index >= 15 is 0 Å². The van der Waals surface area contributed by atoms with E-state index in [0.29, 0.717) is 11.7 Å². The minimum absolute atomic E-state index is 0.356. The lowest BCUT2D eigenvalue weighted by atomic mass is 10.0. The van der Waals surface area contributed by atoms with Crippen molar-refractivity contribution >= 4 is 38.9 Å². The number of guanidine groups is 1. The van der Waals surface area contributed by atoms with Gasteiger partial charge in [0.05, 0.1) is 7.11 Å². The zero-order valence-corrected chi connectivity index (χ0v) is 15.7. The van der Waals surface area contributed by atoms with Gasteiger partial charge in [-0.3, -0.25) is 0 Å². The van der Waals surface area contributed by atoms with E-state index in [1.54, 1.807) is 7.11 Å². The lowest BCUT2D eigenvalue weighted by Gasteiger charge is -2.13. The van der Waals surface area contributed by atoms with Gasteiger partial charge in [0.25, 0.3) is 0 Å². The third-order valence-electron chi connectivity index (χ3n) is 5.46. The number of aliphatic imine (C=N–C) groups is 1. The normalized spacial score (nSPS) is 13.2. The van der Waals surface area contributed by atoms with Gasteiger partial charge in [0.15, 0.2) is 5.96 Å². The monoisotopic (exact) mass is 367 g/mol. The molecule has 0 aliphatic heterocycles. The van der Waals surface area contributed by atoms with Gasteiger partial charge in [-0.25, -0.2) is 4.99 Å². The van der Waals surface area contributed by atoms with E-state index in [9.17, 15) is 0 Å². The van der Waals surface area contributed by atoms with Crippen molar-refractivity contribution in [2.24, 2.45) is 10.7 Å². The van der Waals surface area contributed by atoms with Crippen LogP contribution in [0, 0.1) is 0 Å². The number of nitrogens with two attached hydrogens (primary N) is 1. The highest BCUT2D eigenvalue weighted by atomic mass is 16.5. The number of fused-ring (bicyclic) bond motifs is 1. The van der Waals surface area contributed by atoms with Gasteiger partial charge in [0.1, 0.15) is 11.4 Å². The highest BCUT2D eigenvalue weighted by molar-refractivity contribution is 6.03. The topological polar surface area (TPSA) is 59.6 Å². The number of hydrogen-bond acceptors (Lipinski definition) is 2. The van der Waals surface area contributed by atoms with Crippen molar-refractivity contribution in [2.45, 2.75) is 12.8 Å². The van der Waals surface area contributed by atoms with Gasteiger partial charge in [0.2, 0.25) is 0 Å². The van der Waals surface area contributed by atoms with E-state index in [1.807, 2.05) is 30.3 Å². The molecular formula is C24H21N3O. The van der Waals surface area contributed by atoms with Crippen LogP contribution in [0.2, 0.25) is 0 Å². The number of aryl methyl sites for hydroxylation is 2. The Morgan fingerprint density at radius 1 is 0.929 bits per heavy atom. The van der Waals surface area contributed by atoms with Crippen molar-refractivity contribution in [3.8, 4) is 5.75 Å². The Labute approximate surface area is 163 Å². The summed E-state index contributed by atoms with van der Waals surface area (Å²) >= 11 is 0. The summed E-state index contributed by atoms with van der Waals surface area (Å²) in [5.41, 5.74) is 10.8. The SMILES string of the molecule is COc1ccc2ccccc2c1N=C(N)Nc1ccc2cccc3c2c1CC3. The summed E-state index contributed by atoms with van der Waals surface area (Å²) in [4.78, 5) is 4.68. The Bertz CT molecular complexity index is 1240. The number of hydrogen-bond donors (Lipinski definition) is 2. The quantitative estimate of drug-likeness (QED) is 0.388. The van der Waals surface area contributed by atoms with Crippen molar-refractivity contribution in [1.29, 1.82) is 0 Å². The summed E-state index contributed by atoms with van der Waals surface area (Å²) in [7, 11) is 1.65. The van der Waals surface area contributed by atoms with Crippen molar-refractivity contribution in [2.75, 3.05) is 12.4 Å². The molecule has 5 rings (SSSR count). The lowest BCUT2D eigenvalue weighted by molar-refractivity contribution is 0.417. The van der Waals surface area contributed by atoms with Crippen LogP contribution >= 0.6 is 0 Å². The van der Waals surface area contributed by atoms with Crippen molar-refractivity contribution in [3.05, 3.63) is 77.9 Å². The Hall–Kier alpha value is -3.53. The maximum atomic E-state index is 6.32. The van der Waals surface area contributed by atoms with Gasteiger partial charge in [0, 0.05) is 11.1 Å². The summed E-state index contributed by atoms with van der Waals surface area (Å²) in [5.74, 6) is 1.06. The minimum atomic E-state index is 0.356. The first-order chi connectivity index (χ1) is 13.7. The molecule has 1 aliphatic carbocycles. The second-order valence-corrected chi connectivity index (χ2v) is 7.07. The van der Waals surface area contributed by atoms with Crippen molar-refractivity contribution in [1.82, 2.24) is 0 Å². The Kier molecular flexibility index (Phi) is 3.90. The first-order valence-corrected chi connectivity index (χ1v) is 9.45. The summed E-state index contributed by atoms with van der Waals surface area (Å²) in [6.07, 6.45) is 2.09. The smallest absolute Gasteiger partial charge is 0.198 e. The van der Waals surface area contributed by atoms with Crippen LogP contribution in [0.5, 0.6) is 5.75 Å². The Balaban J connectivity index is 1.57. The number of nitrogens with zero attached hydrogens (tertiary/aromatic N) is 1. The third-order valence-corrected chi connectivity index (χ3v) is 5.46. The molecule has 4 aromatic carbocycles. The second kappa shape index (κ2) is 6.57. The zero-order valence-electron chi connectivity index (χ0n) is 15.7. The lowest BCUT2D eigenvalue weighted by Crippen LogP contribution is -2.22. The van der Waals surface area contributed by atoms with Gasteiger partial charge < -0.3 is 15.8 Å². The van der Waals surface area contributed by atoms with E-state index < -0.39 is 0 Å². The van der Waals surface area contributed by atoms with E-state index in [-0.39, 0.29) is 0 Å². The average molecular weight is 367 g/mol. The molecule has 4 heteroatoms.